The van der Waals surface area contributed by atoms with Crippen LogP contribution < -0.4 is 4.72 Å². The smallest absolute Gasteiger partial charge is 0.242 e. The van der Waals surface area contributed by atoms with Gasteiger partial charge in [0, 0.05) is 16.7 Å². The van der Waals surface area contributed by atoms with Crippen molar-refractivity contribution in [1.82, 2.24) is 9.71 Å². The molecule has 4 nitrogen and oxygen atoms in total. The average molecular weight is 378 g/mol. The molecule has 0 aliphatic heterocycles. The van der Waals surface area contributed by atoms with Gasteiger partial charge in [-0.05, 0) is 64.9 Å². The summed E-state index contributed by atoms with van der Waals surface area (Å²) >= 11 is 9.16. The van der Waals surface area contributed by atoms with Crippen LogP contribution in [0.4, 0.5) is 0 Å². The second-order valence-electron chi connectivity index (χ2n) is 6.08. The van der Waals surface area contributed by atoms with Gasteiger partial charge in [-0.1, -0.05) is 11.6 Å². The molecule has 3 fully saturated rings. The first kappa shape index (κ1) is 13.5. The molecule has 4 rings (SSSR count). The fraction of sp³-hybridized carbons (Fsp3) is 0.615. The molecule has 3 saturated carbocycles. The molecule has 20 heavy (non-hydrogen) atoms. The van der Waals surface area contributed by atoms with Crippen molar-refractivity contribution in [3.8, 4) is 0 Å². The van der Waals surface area contributed by atoms with Crippen LogP contribution in [0.3, 0.4) is 0 Å². The van der Waals surface area contributed by atoms with Crippen molar-refractivity contribution in [2.45, 2.75) is 30.2 Å². The third-order valence-electron chi connectivity index (χ3n) is 5.09. The van der Waals surface area contributed by atoms with Crippen LogP contribution in [-0.4, -0.2) is 19.4 Å². The summed E-state index contributed by atoms with van der Waals surface area (Å²) < 4.78 is 28.4. The van der Waals surface area contributed by atoms with E-state index in [1.165, 1.54) is 31.5 Å². The van der Waals surface area contributed by atoms with Gasteiger partial charge >= 0.3 is 0 Å². The van der Waals surface area contributed by atoms with E-state index < -0.39 is 10.0 Å². The highest BCUT2D eigenvalue weighted by atomic mass is 79.9. The predicted molar refractivity (Wildman–Crippen MR) is 78.9 cm³/mol. The second kappa shape index (κ2) is 4.41. The summed E-state index contributed by atoms with van der Waals surface area (Å²) in [6.45, 7) is 0. The Labute approximate surface area is 131 Å². The van der Waals surface area contributed by atoms with E-state index in [4.69, 9.17) is 11.6 Å². The van der Waals surface area contributed by atoms with E-state index in [1.54, 1.807) is 0 Å². The molecule has 0 radical (unpaired) electrons. The number of sulfonamides is 1. The van der Waals surface area contributed by atoms with Crippen LogP contribution in [0.1, 0.15) is 19.3 Å². The molecule has 0 saturated heterocycles. The monoisotopic (exact) mass is 376 g/mol. The highest BCUT2D eigenvalue weighted by Gasteiger charge is 2.65. The Kier molecular flexibility index (Phi) is 2.98. The minimum absolute atomic E-state index is 0.0227. The molecule has 2 bridgehead atoms. The normalized spacial score (nSPS) is 38.0. The lowest BCUT2D eigenvalue weighted by Gasteiger charge is -2.12. The molecule has 0 amide bonds. The van der Waals surface area contributed by atoms with Gasteiger partial charge < -0.3 is 0 Å². The van der Waals surface area contributed by atoms with Gasteiger partial charge in [0.1, 0.15) is 10.0 Å². The number of nitrogens with zero attached hydrogens (tertiary/aromatic N) is 1. The van der Waals surface area contributed by atoms with Gasteiger partial charge in [0.25, 0.3) is 0 Å². The maximum absolute atomic E-state index is 12.5. The fourth-order valence-electron chi connectivity index (χ4n) is 4.32. The number of halogens is 2. The third-order valence-corrected chi connectivity index (χ3v) is 7.41. The van der Waals surface area contributed by atoms with E-state index in [2.05, 4.69) is 25.6 Å². The Balaban J connectivity index is 1.58. The number of pyridine rings is 1. The zero-order valence-electron chi connectivity index (χ0n) is 10.6. The first-order chi connectivity index (χ1) is 9.47. The van der Waals surface area contributed by atoms with Crippen molar-refractivity contribution in [3.05, 3.63) is 21.9 Å². The van der Waals surface area contributed by atoms with Crippen LogP contribution in [-0.2, 0) is 10.0 Å². The predicted octanol–water partition coefficient (Wildman–Crippen LogP) is 2.82. The number of hydrogen-bond donors (Lipinski definition) is 1. The minimum atomic E-state index is -3.59. The summed E-state index contributed by atoms with van der Waals surface area (Å²) in [6, 6.07) is 1.62. The number of hydrogen-bond acceptors (Lipinski definition) is 3. The second-order valence-corrected chi connectivity index (χ2v) is 9.03. The van der Waals surface area contributed by atoms with Crippen molar-refractivity contribution in [3.63, 3.8) is 0 Å². The molecule has 7 heteroatoms. The molecular formula is C13H14BrClN2O2S. The van der Waals surface area contributed by atoms with Gasteiger partial charge in [-0.15, -0.1) is 0 Å². The van der Waals surface area contributed by atoms with Crippen LogP contribution in [0.15, 0.2) is 21.6 Å². The standard InChI is InChI=1S/C13H14BrClN2O2S/c14-8-4-9(13(15)16-5-8)20(18,19)17-12-10-6-1-2-7(3-6)11(10)12/h4-7,10-12,17H,1-3H2. The molecule has 1 aromatic heterocycles. The number of rotatable bonds is 3. The first-order valence-electron chi connectivity index (χ1n) is 6.81. The molecule has 4 atom stereocenters. The van der Waals surface area contributed by atoms with Crippen LogP contribution in [0.2, 0.25) is 5.15 Å². The molecular weight excluding hydrogens is 364 g/mol. The van der Waals surface area contributed by atoms with Crippen LogP contribution in [0.5, 0.6) is 0 Å². The molecule has 1 heterocycles. The summed E-state index contributed by atoms with van der Waals surface area (Å²) in [7, 11) is -3.59. The largest absolute Gasteiger partial charge is 0.243 e. The Morgan fingerprint density at radius 2 is 1.95 bits per heavy atom. The molecule has 3 aliphatic carbocycles. The maximum atomic E-state index is 12.5. The van der Waals surface area contributed by atoms with Crippen molar-refractivity contribution in [2.75, 3.05) is 0 Å². The van der Waals surface area contributed by atoms with Crippen LogP contribution in [0.25, 0.3) is 0 Å². The number of nitrogens with one attached hydrogen (secondary N) is 1. The summed E-state index contributed by atoms with van der Waals surface area (Å²) in [4.78, 5) is 3.95. The van der Waals surface area contributed by atoms with Gasteiger partial charge in [-0.25, -0.2) is 18.1 Å². The van der Waals surface area contributed by atoms with Gasteiger partial charge in [0.15, 0.2) is 0 Å². The summed E-state index contributed by atoms with van der Waals surface area (Å²) in [5.74, 6) is 2.58. The van der Waals surface area contributed by atoms with E-state index in [0.29, 0.717) is 16.3 Å². The molecule has 0 spiro atoms. The number of fused-ring (bicyclic) bond motifs is 5. The van der Waals surface area contributed by atoms with Crippen molar-refractivity contribution < 1.29 is 8.42 Å². The van der Waals surface area contributed by atoms with Crippen molar-refractivity contribution in [2.24, 2.45) is 23.7 Å². The highest BCUT2D eigenvalue weighted by Crippen LogP contribution is 2.65. The average Bonchev–Trinajstić information content (AvgIpc) is 2.81. The van der Waals surface area contributed by atoms with E-state index >= 15 is 0 Å². The molecule has 4 unspecified atom stereocenters. The first-order valence-corrected chi connectivity index (χ1v) is 9.46. The quantitative estimate of drug-likeness (QED) is 0.824. The Hall–Kier alpha value is -0.170. The zero-order chi connectivity index (χ0) is 14.1. The molecule has 1 N–H and O–H groups in total. The van der Waals surface area contributed by atoms with Crippen LogP contribution in [0, 0.1) is 23.7 Å². The highest BCUT2D eigenvalue weighted by molar-refractivity contribution is 9.10. The van der Waals surface area contributed by atoms with E-state index in [0.717, 1.165) is 11.8 Å². The SMILES string of the molecule is O=S(=O)(NC1C2C3CCC(C3)C12)c1cc(Br)cnc1Cl. The van der Waals surface area contributed by atoms with Gasteiger partial charge in [0.2, 0.25) is 10.0 Å². The Bertz CT molecular complexity index is 665. The lowest BCUT2D eigenvalue weighted by molar-refractivity contribution is 0.456. The van der Waals surface area contributed by atoms with Crippen molar-refractivity contribution >= 4 is 37.6 Å². The van der Waals surface area contributed by atoms with E-state index in [1.807, 2.05) is 0 Å². The topological polar surface area (TPSA) is 59.1 Å². The zero-order valence-corrected chi connectivity index (χ0v) is 13.7. The summed E-state index contributed by atoms with van der Waals surface area (Å²) in [5.41, 5.74) is 0. The Morgan fingerprint density at radius 1 is 1.30 bits per heavy atom. The van der Waals surface area contributed by atoms with Crippen LogP contribution >= 0.6 is 27.5 Å². The Morgan fingerprint density at radius 3 is 2.60 bits per heavy atom. The van der Waals surface area contributed by atoms with Gasteiger partial charge in [0.05, 0.1) is 0 Å². The van der Waals surface area contributed by atoms with Crippen molar-refractivity contribution in [1.29, 1.82) is 0 Å². The lowest BCUT2D eigenvalue weighted by Crippen LogP contribution is -2.30. The lowest BCUT2D eigenvalue weighted by atomic mass is 10.0. The third kappa shape index (κ3) is 1.95. The van der Waals surface area contributed by atoms with E-state index in [-0.39, 0.29) is 16.1 Å². The molecule has 0 aromatic carbocycles. The number of aromatic nitrogens is 1. The summed E-state index contributed by atoms with van der Waals surface area (Å²) in [5, 5.41) is 0.0227. The molecule has 108 valence electrons. The molecule has 1 aromatic rings. The van der Waals surface area contributed by atoms with Gasteiger partial charge in [-0.2, -0.15) is 0 Å². The summed E-state index contributed by atoms with van der Waals surface area (Å²) in [6.07, 6.45) is 5.33. The van der Waals surface area contributed by atoms with Gasteiger partial charge in [-0.3, -0.25) is 0 Å². The van der Waals surface area contributed by atoms with E-state index in [9.17, 15) is 8.42 Å². The fourth-order valence-corrected chi connectivity index (χ4v) is 6.57. The molecule has 3 aliphatic rings. The maximum Gasteiger partial charge on any atom is 0.243 e. The minimum Gasteiger partial charge on any atom is -0.242 e.